The van der Waals surface area contributed by atoms with E-state index >= 15 is 0 Å². The molecule has 0 radical (unpaired) electrons. The maximum atomic E-state index is 12.7. The molecule has 0 unspecified atom stereocenters. The maximum Gasteiger partial charge on any atom is 0.331 e. The average molecular weight is 381 g/mol. The van der Waals surface area contributed by atoms with Crippen molar-refractivity contribution in [1.29, 1.82) is 0 Å². The smallest absolute Gasteiger partial charge is 0.331 e. The van der Waals surface area contributed by atoms with Crippen molar-refractivity contribution in [2.24, 2.45) is 0 Å². The summed E-state index contributed by atoms with van der Waals surface area (Å²) in [5.74, 6) is -1.20. The van der Waals surface area contributed by atoms with Crippen LogP contribution in [0.15, 0.2) is 42.7 Å². The number of benzene rings is 1. The highest BCUT2D eigenvalue weighted by atomic mass is 32.1. The molecule has 6 nitrogen and oxygen atoms in total. The molecule has 0 bridgehead atoms. The summed E-state index contributed by atoms with van der Waals surface area (Å²) in [7, 11) is 0. The predicted molar refractivity (Wildman–Crippen MR) is 104 cm³/mol. The van der Waals surface area contributed by atoms with Crippen molar-refractivity contribution in [1.82, 2.24) is 9.78 Å². The number of amides is 1. The molecule has 0 aliphatic heterocycles. The first-order valence-electron chi connectivity index (χ1n) is 8.67. The van der Waals surface area contributed by atoms with E-state index in [9.17, 15) is 14.7 Å². The summed E-state index contributed by atoms with van der Waals surface area (Å²) in [5, 5.41) is 16.2. The van der Waals surface area contributed by atoms with Gasteiger partial charge in [0.05, 0.1) is 16.8 Å². The zero-order valence-corrected chi connectivity index (χ0v) is 15.8. The number of thiophene rings is 1. The fourth-order valence-electron chi connectivity index (χ4n) is 3.17. The Balaban J connectivity index is 1.57. The van der Waals surface area contributed by atoms with Gasteiger partial charge in [-0.05, 0) is 49.4 Å². The first-order valence-corrected chi connectivity index (χ1v) is 9.49. The topological polar surface area (TPSA) is 84.2 Å². The van der Waals surface area contributed by atoms with Gasteiger partial charge in [0.15, 0.2) is 5.54 Å². The lowest BCUT2D eigenvalue weighted by Gasteiger charge is -2.19. The van der Waals surface area contributed by atoms with E-state index in [1.54, 1.807) is 13.8 Å². The molecule has 3 aromatic rings. The third kappa shape index (κ3) is 3.04. The van der Waals surface area contributed by atoms with Crippen LogP contribution in [0.2, 0.25) is 0 Å². The van der Waals surface area contributed by atoms with Crippen LogP contribution in [0.4, 0.5) is 5.69 Å². The van der Waals surface area contributed by atoms with Gasteiger partial charge in [0.25, 0.3) is 5.91 Å². The van der Waals surface area contributed by atoms with E-state index in [-0.39, 0.29) is 5.91 Å². The number of hydrogen-bond donors (Lipinski definition) is 2. The second kappa shape index (κ2) is 6.35. The highest BCUT2D eigenvalue weighted by Gasteiger charge is 2.30. The quantitative estimate of drug-likeness (QED) is 0.720. The molecule has 0 fully saturated rings. The Morgan fingerprint density at radius 1 is 1.22 bits per heavy atom. The molecule has 7 heteroatoms. The van der Waals surface area contributed by atoms with Crippen molar-refractivity contribution < 1.29 is 14.7 Å². The molecule has 0 saturated heterocycles. The Hall–Kier alpha value is -2.93. The zero-order chi connectivity index (χ0) is 19.2. The van der Waals surface area contributed by atoms with E-state index < -0.39 is 11.5 Å². The van der Waals surface area contributed by atoms with Crippen LogP contribution in [0.3, 0.4) is 0 Å². The molecule has 2 N–H and O–H groups in total. The van der Waals surface area contributed by atoms with Crippen molar-refractivity contribution in [3.8, 4) is 10.4 Å². The number of carboxylic acid groups (broad SMARTS) is 1. The number of aryl methyl sites for hydroxylation is 2. The second-order valence-electron chi connectivity index (χ2n) is 7.11. The highest BCUT2D eigenvalue weighted by Crippen LogP contribution is 2.39. The summed E-state index contributed by atoms with van der Waals surface area (Å²) < 4.78 is 1.33. The minimum Gasteiger partial charge on any atom is -0.479 e. The number of rotatable bonds is 4. The number of aliphatic carboxylic acids is 1. The van der Waals surface area contributed by atoms with E-state index in [0.29, 0.717) is 10.6 Å². The standard InChI is InChI=1S/C20H19N3O3S/c1-20(2,19(25)26)23-11-14(10-21-23)22-18(24)16-9-13-8-7-12-5-3-4-6-15(12)17(13)27-16/h3-6,9-11H,7-8H2,1-2H3,(H,22,24)(H,25,26). The van der Waals surface area contributed by atoms with Crippen molar-refractivity contribution >= 4 is 28.9 Å². The van der Waals surface area contributed by atoms with Crippen molar-refractivity contribution in [3.63, 3.8) is 0 Å². The van der Waals surface area contributed by atoms with E-state index in [2.05, 4.69) is 22.5 Å². The van der Waals surface area contributed by atoms with Gasteiger partial charge in [-0.3, -0.25) is 9.48 Å². The molecule has 1 aliphatic carbocycles. The number of nitrogens with one attached hydrogen (secondary N) is 1. The minimum absolute atomic E-state index is 0.209. The number of aromatic nitrogens is 2. The number of nitrogens with zero attached hydrogens (tertiary/aromatic N) is 2. The first-order chi connectivity index (χ1) is 12.9. The van der Waals surface area contributed by atoms with Crippen LogP contribution in [0.1, 0.15) is 34.6 Å². The monoisotopic (exact) mass is 381 g/mol. The summed E-state index contributed by atoms with van der Waals surface area (Å²) in [6, 6.07) is 10.3. The lowest BCUT2D eigenvalue weighted by atomic mass is 9.91. The summed E-state index contributed by atoms with van der Waals surface area (Å²) in [6.45, 7) is 3.11. The van der Waals surface area contributed by atoms with Gasteiger partial charge >= 0.3 is 5.97 Å². The van der Waals surface area contributed by atoms with E-state index in [1.807, 2.05) is 18.2 Å². The molecule has 0 atom stereocenters. The normalized spacial score (nSPS) is 13.0. The van der Waals surface area contributed by atoms with Gasteiger partial charge in [0, 0.05) is 11.1 Å². The Bertz CT molecular complexity index is 1050. The number of carbonyl (C=O) groups is 2. The van der Waals surface area contributed by atoms with Crippen LogP contribution in [0.25, 0.3) is 10.4 Å². The Morgan fingerprint density at radius 3 is 2.74 bits per heavy atom. The molecule has 1 aromatic carbocycles. The molecule has 138 valence electrons. The van der Waals surface area contributed by atoms with Crippen LogP contribution < -0.4 is 5.32 Å². The maximum absolute atomic E-state index is 12.7. The molecule has 2 aromatic heterocycles. The summed E-state index contributed by atoms with van der Waals surface area (Å²) >= 11 is 1.49. The summed E-state index contributed by atoms with van der Waals surface area (Å²) in [5.41, 5.74) is 3.01. The Labute approximate surface area is 160 Å². The molecule has 0 spiro atoms. The van der Waals surface area contributed by atoms with Crippen LogP contribution in [0, 0.1) is 0 Å². The van der Waals surface area contributed by atoms with Gasteiger partial charge in [-0.1, -0.05) is 24.3 Å². The molecule has 2 heterocycles. The van der Waals surface area contributed by atoms with E-state index in [0.717, 1.165) is 17.7 Å². The lowest BCUT2D eigenvalue weighted by molar-refractivity contribution is -0.146. The van der Waals surface area contributed by atoms with Gasteiger partial charge in [0.1, 0.15) is 0 Å². The van der Waals surface area contributed by atoms with Crippen LogP contribution in [-0.2, 0) is 23.2 Å². The van der Waals surface area contributed by atoms with Crippen LogP contribution in [-0.4, -0.2) is 26.8 Å². The van der Waals surface area contributed by atoms with Crippen molar-refractivity contribution in [2.75, 3.05) is 5.32 Å². The molecule has 1 aliphatic rings. The molecule has 0 saturated carbocycles. The van der Waals surface area contributed by atoms with Crippen LogP contribution in [0.5, 0.6) is 0 Å². The number of carbonyl (C=O) groups excluding carboxylic acids is 1. The zero-order valence-electron chi connectivity index (χ0n) is 15.0. The molecular formula is C20H19N3O3S. The van der Waals surface area contributed by atoms with Gasteiger partial charge in [-0.2, -0.15) is 5.10 Å². The molecule has 27 heavy (non-hydrogen) atoms. The average Bonchev–Trinajstić information content (AvgIpc) is 3.28. The van der Waals surface area contributed by atoms with E-state index in [4.69, 9.17) is 0 Å². The third-order valence-corrected chi connectivity index (χ3v) is 6.10. The number of carboxylic acids is 1. The van der Waals surface area contributed by atoms with Gasteiger partial charge < -0.3 is 10.4 Å². The summed E-state index contributed by atoms with van der Waals surface area (Å²) in [6.07, 6.45) is 4.92. The predicted octanol–water partition coefficient (Wildman–Crippen LogP) is 3.78. The van der Waals surface area contributed by atoms with Crippen molar-refractivity contribution in [2.45, 2.75) is 32.2 Å². The van der Waals surface area contributed by atoms with Gasteiger partial charge in [0.2, 0.25) is 0 Å². The molecular weight excluding hydrogens is 362 g/mol. The molecule has 4 rings (SSSR count). The largest absolute Gasteiger partial charge is 0.479 e. The van der Waals surface area contributed by atoms with Crippen molar-refractivity contribution in [3.05, 3.63) is 58.7 Å². The van der Waals surface area contributed by atoms with Crippen LogP contribution >= 0.6 is 11.3 Å². The first kappa shape index (κ1) is 17.5. The SMILES string of the molecule is CC(C)(C(=O)O)n1cc(NC(=O)c2cc3c(s2)-c2ccccc2CC3)cn1. The number of anilines is 1. The third-order valence-electron chi connectivity index (χ3n) is 4.90. The fraction of sp³-hybridized carbons (Fsp3) is 0.250. The molecule has 1 amide bonds. The number of fused-ring (bicyclic) bond motifs is 3. The van der Waals surface area contributed by atoms with E-state index in [1.165, 1.54) is 45.1 Å². The van der Waals surface area contributed by atoms with Gasteiger partial charge in [-0.15, -0.1) is 11.3 Å². The second-order valence-corrected chi connectivity index (χ2v) is 8.17. The lowest BCUT2D eigenvalue weighted by Crippen LogP contribution is -2.35. The Morgan fingerprint density at radius 2 is 1.96 bits per heavy atom. The number of hydrogen-bond acceptors (Lipinski definition) is 4. The fourth-order valence-corrected chi connectivity index (χ4v) is 4.33. The minimum atomic E-state index is -1.19. The van der Waals surface area contributed by atoms with Gasteiger partial charge in [-0.25, -0.2) is 4.79 Å². The summed E-state index contributed by atoms with van der Waals surface area (Å²) in [4.78, 5) is 25.8. The Kier molecular flexibility index (Phi) is 4.11. The highest BCUT2D eigenvalue weighted by molar-refractivity contribution is 7.17.